The van der Waals surface area contributed by atoms with Gasteiger partial charge in [-0.15, -0.1) is 0 Å². The van der Waals surface area contributed by atoms with Crippen molar-refractivity contribution in [2.24, 2.45) is 5.73 Å². The zero-order valence-electron chi connectivity index (χ0n) is 4.97. The third-order valence-corrected chi connectivity index (χ3v) is 1.52. The fourth-order valence-corrected chi connectivity index (χ4v) is 0.672. The lowest BCUT2D eigenvalue weighted by Crippen LogP contribution is -1.88. The molecule has 3 heteroatoms. The lowest BCUT2D eigenvalue weighted by molar-refractivity contribution is 1.33. The Morgan fingerprint density at radius 3 is 2.25 bits per heavy atom. The van der Waals surface area contributed by atoms with Gasteiger partial charge < -0.3 is 5.73 Å². The second-order valence-electron chi connectivity index (χ2n) is 1.47. The van der Waals surface area contributed by atoms with E-state index in [4.69, 9.17) is 18.0 Å². The molecule has 0 bridgehead atoms. The molecular formula is C5H9NS2. The first-order valence-corrected chi connectivity index (χ1v) is 3.51. The van der Waals surface area contributed by atoms with Crippen molar-refractivity contribution < 1.29 is 0 Å². The third kappa shape index (κ3) is 5.98. The summed E-state index contributed by atoms with van der Waals surface area (Å²) in [6.45, 7) is 3.71. The summed E-state index contributed by atoms with van der Waals surface area (Å²) in [7, 11) is 0. The first-order valence-electron chi connectivity index (χ1n) is 2.22. The molecule has 0 fully saturated rings. The Bertz CT molecular complexity index is 114. The lowest BCUT2D eigenvalue weighted by atomic mass is 10.6. The molecule has 0 heterocycles. The molecule has 1 nitrogen and oxygen atoms in total. The van der Waals surface area contributed by atoms with Crippen LogP contribution in [0.1, 0.15) is 13.8 Å². The maximum atomic E-state index is 5.32. The fourth-order valence-electron chi connectivity index (χ4n) is 0.176. The van der Waals surface area contributed by atoms with Crippen molar-refractivity contribution in [1.82, 2.24) is 0 Å². The van der Waals surface area contributed by atoms with Crippen LogP contribution in [0.25, 0.3) is 0 Å². The van der Waals surface area contributed by atoms with Crippen molar-refractivity contribution in [2.75, 3.05) is 0 Å². The number of hydrogen-bond donors (Lipinski definition) is 1. The number of nitrogens with two attached hydrogens (primary N) is 1. The monoisotopic (exact) mass is 147 g/mol. The maximum absolute atomic E-state index is 5.32. The van der Waals surface area contributed by atoms with Crippen LogP contribution in [-0.4, -0.2) is 4.20 Å². The van der Waals surface area contributed by atoms with E-state index in [0.717, 1.165) is 9.89 Å². The molecule has 0 radical (unpaired) electrons. The highest BCUT2D eigenvalue weighted by atomic mass is 32.2. The molecule has 0 atom stereocenters. The first kappa shape index (κ1) is 7.98. The van der Waals surface area contributed by atoms with Gasteiger partial charge in [-0.2, -0.15) is 0 Å². The highest BCUT2D eigenvalue weighted by Gasteiger charge is 1.81. The second kappa shape index (κ2) is 3.92. The summed E-state index contributed by atoms with van der Waals surface area (Å²) < 4.78 is 0.898. The van der Waals surface area contributed by atoms with Crippen LogP contribution in [0.5, 0.6) is 0 Å². The van der Waals surface area contributed by atoms with Gasteiger partial charge in [0, 0.05) is 9.89 Å². The van der Waals surface area contributed by atoms with Gasteiger partial charge in [-0.05, 0) is 19.3 Å². The van der Waals surface area contributed by atoms with Crippen molar-refractivity contribution in [2.45, 2.75) is 13.8 Å². The molecule has 0 aliphatic heterocycles. The minimum Gasteiger partial charge on any atom is -0.402 e. The lowest BCUT2D eigenvalue weighted by Gasteiger charge is -1.88. The average molecular weight is 147 g/mol. The van der Waals surface area contributed by atoms with E-state index >= 15 is 0 Å². The summed E-state index contributed by atoms with van der Waals surface area (Å²) in [6, 6.07) is 0. The topological polar surface area (TPSA) is 26.0 Å². The molecule has 0 aliphatic carbocycles. The minimum absolute atomic E-state index is 0.805. The molecule has 0 aromatic carbocycles. The molecule has 0 unspecified atom stereocenters. The van der Waals surface area contributed by atoms with Crippen molar-refractivity contribution >= 4 is 28.2 Å². The second-order valence-corrected chi connectivity index (χ2v) is 3.43. The molecule has 0 rings (SSSR count). The summed E-state index contributed by atoms with van der Waals surface area (Å²) in [5, 5.41) is 1.84. The van der Waals surface area contributed by atoms with E-state index in [9.17, 15) is 0 Å². The van der Waals surface area contributed by atoms with E-state index < -0.39 is 0 Å². The van der Waals surface area contributed by atoms with E-state index in [2.05, 4.69) is 0 Å². The molecule has 0 spiro atoms. The van der Waals surface area contributed by atoms with Crippen LogP contribution in [0.15, 0.2) is 11.1 Å². The van der Waals surface area contributed by atoms with Crippen molar-refractivity contribution in [1.29, 1.82) is 0 Å². The van der Waals surface area contributed by atoms with Gasteiger partial charge in [-0.3, -0.25) is 0 Å². The third-order valence-electron chi connectivity index (χ3n) is 0.411. The van der Waals surface area contributed by atoms with Crippen LogP contribution in [0, 0.1) is 0 Å². The Balaban J connectivity index is 3.45. The Kier molecular flexibility index (Phi) is 3.91. The standard InChI is InChI=1S/C5H9NS2/c1-4(6)3-8-5(2)7/h3H,6H2,1-2H3/b4-3-. The van der Waals surface area contributed by atoms with Gasteiger partial charge in [0.1, 0.15) is 0 Å². The molecule has 0 aromatic heterocycles. The minimum atomic E-state index is 0.805. The van der Waals surface area contributed by atoms with Crippen LogP contribution in [-0.2, 0) is 0 Å². The molecule has 0 aromatic rings. The molecule has 0 saturated carbocycles. The summed E-state index contributed by atoms with van der Waals surface area (Å²) >= 11 is 6.26. The predicted octanol–water partition coefficient (Wildman–Crippen LogP) is 1.89. The molecule has 8 heavy (non-hydrogen) atoms. The largest absolute Gasteiger partial charge is 0.402 e. The van der Waals surface area contributed by atoms with E-state index in [0.29, 0.717) is 0 Å². The van der Waals surface area contributed by atoms with E-state index in [1.807, 2.05) is 19.3 Å². The first-order chi connectivity index (χ1) is 3.63. The van der Waals surface area contributed by atoms with Gasteiger partial charge in [-0.1, -0.05) is 24.0 Å². The highest BCUT2D eigenvalue weighted by Crippen LogP contribution is 2.05. The molecule has 0 aliphatic rings. The summed E-state index contributed by atoms with van der Waals surface area (Å²) in [6.07, 6.45) is 0. The average Bonchev–Trinajstić information content (AvgIpc) is 1.61. The van der Waals surface area contributed by atoms with Crippen LogP contribution < -0.4 is 5.73 Å². The van der Waals surface area contributed by atoms with Crippen LogP contribution in [0.2, 0.25) is 0 Å². The number of thiocarbonyl (C=S) groups is 1. The number of hydrogen-bond acceptors (Lipinski definition) is 3. The predicted molar refractivity (Wildman–Crippen MR) is 43.8 cm³/mol. The molecule has 2 N–H and O–H groups in total. The summed E-state index contributed by atoms with van der Waals surface area (Å²) in [5.41, 5.74) is 6.13. The number of allylic oxidation sites excluding steroid dienone is 1. The Hall–Kier alpha value is -0.0200. The molecule has 46 valence electrons. The maximum Gasteiger partial charge on any atom is 0.0490 e. The van der Waals surface area contributed by atoms with E-state index in [1.54, 1.807) is 0 Å². The van der Waals surface area contributed by atoms with Gasteiger partial charge in [0.2, 0.25) is 0 Å². The Labute approximate surface area is 59.3 Å². The van der Waals surface area contributed by atoms with Gasteiger partial charge in [-0.25, -0.2) is 0 Å². The van der Waals surface area contributed by atoms with E-state index in [-0.39, 0.29) is 0 Å². The Morgan fingerprint density at radius 1 is 1.62 bits per heavy atom. The molecular weight excluding hydrogens is 138 g/mol. The zero-order chi connectivity index (χ0) is 6.57. The number of rotatable bonds is 1. The van der Waals surface area contributed by atoms with Gasteiger partial charge in [0.25, 0.3) is 0 Å². The smallest absolute Gasteiger partial charge is 0.0490 e. The van der Waals surface area contributed by atoms with Gasteiger partial charge in [0.15, 0.2) is 0 Å². The quantitative estimate of drug-likeness (QED) is 0.574. The molecule has 0 saturated heterocycles. The zero-order valence-corrected chi connectivity index (χ0v) is 6.60. The van der Waals surface area contributed by atoms with Crippen molar-refractivity contribution in [3.8, 4) is 0 Å². The van der Waals surface area contributed by atoms with E-state index in [1.165, 1.54) is 11.8 Å². The van der Waals surface area contributed by atoms with Crippen LogP contribution >= 0.6 is 24.0 Å². The Morgan fingerprint density at radius 2 is 2.12 bits per heavy atom. The SMILES string of the molecule is CC(=S)S/C=C(/C)N. The van der Waals surface area contributed by atoms with Gasteiger partial charge in [0.05, 0.1) is 0 Å². The summed E-state index contributed by atoms with van der Waals surface area (Å²) in [4.78, 5) is 0. The van der Waals surface area contributed by atoms with Crippen molar-refractivity contribution in [3.63, 3.8) is 0 Å². The fraction of sp³-hybridized carbons (Fsp3) is 0.400. The van der Waals surface area contributed by atoms with Crippen LogP contribution in [0.3, 0.4) is 0 Å². The summed E-state index contributed by atoms with van der Waals surface area (Å²) in [5.74, 6) is 0. The van der Waals surface area contributed by atoms with Crippen molar-refractivity contribution in [3.05, 3.63) is 11.1 Å². The molecule has 0 amide bonds. The number of thioether (sulfide) groups is 1. The van der Waals surface area contributed by atoms with Gasteiger partial charge >= 0.3 is 0 Å². The van der Waals surface area contributed by atoms with Crippen LogP contribution in [0.4, 0.5) is 0 Å². The highest BCUT2D eigenvalue weighted by molar-refractivity contribution is 8.24. The normalized spacial score (nSPS) is 11.5.